The second-order valence-corrected chi connectivity index (χ2v) is 7.71. The Morgan fingerprint density at radius 1 is 1.27 bits per heavy atom. The van der Waals surface area contributed by atoms with Crippen molar-refractivity contribution in [2.75, 3.05) is 14.1 Å². The highest BCUT2D eigenvalue weighted by atomic mass is 19.1. The van der Waals surface area contributed by atoms with Gasteiger partial charge in [0.25, 0.3) is 0 Å². The first-order valence-electron chi connectivity index (χ1n) is 8.99. The number of nitrogens with zero attached hydrogens (tertiary/aromatic N) is 1. The number of hydrogen-bond donors (Lipinski definition) is 2. The van der Waals surface area contributed by atoms with Gasteiger partial charge in [0.05, 0.1) is 5.60 Å². The van der Waals surface area contributed by atoms with Crippen LogP contribution in [0.3, 0.4) is 0 Å². The molecule has 1 atom stereocenters. The average molecular weight is 358 g/mol. The van der Waals surface area contributed by atoms with Crippen LogP contribution in [0.25, 0.3) is 11.1 Å². The van der Waals surface area contributed by atoms with Gasteiger partial charge in [0.1, 0.15) is 11.6 Å². The second kappa shape index (κ2) is 8.19. The van der Waals surface area contributed by atoms with Gasteiger partial charge in [0.2, 0.25) is 0 Å². The molecule has 0 aromatic heterocycles. The summed E-state index contributed by atoms with van der Waals surface area (Å²) in [6, 6.07) is 11.6. The summed E-state index contributed by atoms with van der Waals surface area (Å²) in [7, 11) is 3.94. The normalized spacial score (nSPS) is 13.2. The molecule has 4 heteroatoms. The van der Waals surface area contributed by atoms with Crippen molar-refractivity contribution >= 4 is 0 Å². The topological polar surface area (TPSA) is 43.7 Å². The summed E-state index contributed by atoms with van der Waals surface area (Å²) in [5.41, 5.74) is 1.90. The maximum atomic E-state index is 13.8. The molecular formula is C22H29FNO2. The van der Waals surface area contributed by atoms with E-state index in [0.717, 1.165) is 24.8 Å². The number of aliphatic hydroxyl groups is 1. The molecule has 0 unspecified atom stereocenters. The zero-order chi connectivity index (χ0) is 19.5. The Bertz CT molecular complexity index is 750. The molecule has 2 aromatic rings. The molecular weight excluding hydrogens is 329 g/mol. The molecule has 26 heavy (non-hydrogen) atoms. The molecule has 0 aliphatic carbocycles. The zero-order valence-corrected chi connectivity index (χ0v) is 16.3. The predicted molar refractivity (Wildman–Crippen MR) is 104 cm³/mol. The maximum Gasteiger partial charge on any atom is 0.126 e. The van der Waals surface area contributed by atoms with Crippen molar-refractivity contribution < 1.29 is 14.6 Å². The van der Waals surface area contributed by atoms with Gasteiger partial charge in [-0.15, -0.1) is 0 Å². The summed E-state index contributed by atoms with van der Waals surface area (Å²) in [5, 5.41) is 20.7. The Labute approximate surface area is 156 Å². The van der Waals surface area contributed by atoms with Gasteiger partial charge in [-0.3, -0.25) is 0 Å². The van der Waals surface area contributed by atoms with Gasteiger partial charge in [-0.1, -0.05) is 18.2 Å². The van der Waals surface area contributed by atoms with Crippen LogP contribution in [0.15, 0.2) is 30.3 Å². The molecule has 0 saturated heterocycles. The van der Waals surface area contributed by atoms with Crippen molar-refractivity contribution in [3.05, 3.63) is 53.3 Å². The molecule has 141 valence electrons. The van der Waals surface area contributed by atoms with Crippen LogP contribution in [0.4, 0.5) is 4.39 Å². The molecule has 0 saturated carbocycles. The lowest BCUT2D eigenvalue weighted by Crippen LogP contribution is -2.46. The van der Waals surface area contributed by atoms with Crippen molar-refractivity contribution in [3.63, 3.8) is 0 Å². The van der Waals surface area contributed by atoms with Crippen molar-refractivity contribution in [1.82, 2.24) is 4.90 Å². The minimum Gasteiger partial charge on any atom is -0.507 e. The third-order valence-electron chi connectivity index (χ3n) is 4.90. The molecule has 0 amide bonds. The quantitative estimate of drug-likeness (QED) is 0.774. The summed E-state index contributed by atoms with van der Waals surface area (Å²) < 4.78 is 13.8. The van der Waals surface area contributed by atoms with E-state index in [1.165, 1.54) is 6.07 Å². The number of benzene rings is 2. The first kappa shape index (κ1) is 20.4. The standard InChI is InChI=1S/C22H29FNO2/c1-15-17(9-7-10-19(15)23)18-13-12-16(14-20(18)25)8-6-11-21(24(4)5)22(2,3)26/h7,9-10,12,14,21,25-26H,6,8,11H2,1-5H3/t21-/m0/s1. The Morgan fingerprint density at radius 3 is 2.54 bits per heavy atom. The summed E-state index contributed by atoms with van der Waals surface area (Å²) >= 11 is 0. The molecule has 0 aliphatic rings. The Hall–Kier alpha value is -1.91. The van der Waals surface area contributed by atoms with Gasteiger partial charge in [-0.25, -0.2) is 4.39 Å². The monoisotopic (exact) mass is 358 g/mol. The number of phenolic OH excluding ortho intramolecular Hbond substituents is 1. The number of aryl methyl sites for hydroxylation is 1. The van der Waals surface area contributed by atoms with Crippen LogP contribution in [0.1, 0.15) is 37.8 Å². The fraction of sp³-hybridized carbons (Fsp3) is 0.455. The van der Waals surface area contributed by atoms with E-state index >= 15 is 0 Å². The molecule has 2 rings (SSSR count). The van der Waals surface area contributed by atoms with E-state index < -0.39 is 5.60 Å². The predicted octanol–water partition coefficient (Wildman–Crippen LogP) is 4.33. The number of phenols is 1. The van der Waals surface area contributed by atoms with Gasteiger partial charge < -0.3 is 15.1 Å². The van der Waals surface area contributed by atoms with Crippen molar-refractivity contribution in [3.8, 4) is 16.9 Å². The number of rotatable bonds is 7. The largest absolute Gasteiger partial charge is 0.507 e. The summed E-state index contributed by atoms with van der Waals surface area (Å²) in [6.45, 7) is 5.35. The number of halogens is 1. The highest BCUT2D eigenvalue weighted by Crippen LogP contribution is 2.33. The number of aromatic hydroxyl groups is 1. The minimum atomic E-state index is -0.767. The van der Waals surface area contributed by atoms with Crippen LogP contribution in [-0.2, 0) is 6.42 Å². The van der Waals surface area contributed by atoms with Crippen molar-refractivity contribution in [2.45, 2.75) is 51.7 Å². The van der Waals surface area contributed by atoms with Gasteiger partial charge in [0.15, 0.2) is 0 Å². The molecule has 0 spiro atoms. The number of hydrogen-bond acceptors (Lipinski definition) is 3. The van der Waals surface area contributed by atoms with Crippen LogP contribution < -0.4 is 0 Å². The molecule has 3 nitrogen and oxygen atoms in total. The highest BCUT2D eigenvalue weighted by Gasteiger charge is 2.27. The van der Waals surface area contributed by atoms with Crippen molar-refractivity contribution in [1.29, 1.82) is 0 Å². The van der Waals surface area contributed by atoms with Crippen LogP contribution in [-0.4, -0.2) is 40.9 Å². The third kappa shape index (κ3) is 4.83. The molecule has 0 fully saturated rings. The first-order chi connectivity index (χ1) is 12.1. The number of likely N-dealkylation sites (N-methyl/N-ethyl adjacent to an activating group) is 1. The average Bonchev–Trinajstić information content (AvgIpc) is 2.53. The van der Waals surface area contributed by atoms with E-state index in [1.54, 1.807) is 25.1 Å². The SMILES string of the molecule is Cc1c(F)cccc1-c1[c]cc(CCC[C@H](N(C)C)C(C)(C)O)cc1O. The summed E-state index contributed by atoms with van der Waals surface area (Å²) in [4.78, 5) is 2.04. The van der Waals surface area contributed by atoms with Gasteiger partial charge >= 0.3 is 0 Å². The molecule has 1 radical (unpaired) electrons. The van der Waals surface area contributed by atoms with Crippen LogP contribution in [0.2, 0.25) is 0 Å². The smallest absolute Gasteiger partial charge is 0.126 e. The van der Waals surface area contributed by atoms with E-state index in [2.05, 4.69) is 6.07 Å². The summed E-state index contributed by atoms with van der Waals surface area (Å²) in [5.74, 6) is -0.177. The molecule has 0 bridgehead atoms. The third-order valence-corrected chi connectivity index (χ3v) is 4.90. The molecule has 2 N–H and O–H groups in total. The lowest BCUT2D eigenvalue weighted by Gasteiger charge is -2.34. The Morgan fingerprint density at radius 2 is 1.96 bits per heavy atom. The second-order valence-electron chi connectivity index (χ2n) is 7.71. The van der Waals surface area contributed by atoms with E-state index in [0.29, 0.717) is 16.7 Å². The van der Waals surface area contributed by atoms with E-state index in [9.17, 15) is 14.6 Å². The fourth-order valence-corrected chi connectivity index (χ4v) is 3.51. The van der Waals surface area contributed by atoms with Gasteiger partial charge in [-0.05, 0) is 89.0 Å². The zero-order valence-electron chi connectivity index (χ0n) is 16.3. The van der Waals surface area contributed by atoms with E-state index in [-0.39, 0.29) is 17.6 Å². The summed E-state index contributed by atoms with van der Waals surface area (Å²) in [6.07, 6.45) is 2.52. The lowest BCUT2D eigenvalue weighted by atomic mass is 9.91. The molecule has 2 aromatic carbocycles. The van der Waals surface area contributed by atoms with E-state index in [1.807, 2.05) is 38.9 Å². The van der Waals surface area contributed by atoms with Gasteiger partial charge in [-0.2, -0.15) is 0 Å². The molecule has 0 heterocycles. The first-order valence-corrected chi connectivity index (χ1v) is 8.99. The van der Waals surface area contributed by atoms with Gasteiger partial charge in [0, 0.05) is 11.6 Å². The van der Waals surface area contributed by atoms with Crippen LogP contribution in [0.5, 0.6) is 5.75 Å². The van der Waals surface area contributed by atoms with Crippen LogP contribution >= 0.6 is 0 Å². The van der Waals surface area contributed by atoms with Crippen molar-refractivity contribution in [2.24, 2.45) is 0 Å². The fourth-order valence-electron chi connectivity index (χ4n) is 3.51. The maximum absolute atomic E-state index is 13.8. The van der Waals surface area contributed by atoms with Crippen LogP contribution in [0, 0.1) is 18.8 Å². The minimum absolute atomic E-state index is 0.0642. The molecule has 0 aliphatic heterocycles. The Balaban J connectivity index is 2.09. The lowest BCUT2D eigenvalue weighted by molar-refractivity contribution is -0.00622. The Kier molecular flexibility index (Phi) is 6.43. The highest BCUT2D eigenvalue weighted by molar-refractivity contribution is 5.72. The van der Waals surface area contributed by atoms with E-state index in [4.69, 9.17) is 0 Å².